The lowest BCUT2D eigenvalue weighted by molar-refractivity contribution is -0.122. The number of fused-ring (bicyclic) bond motifs is 1. The van der Waals surface area contributed by atoms with E-state index in [0.717, 1.165) is 12.1 Å². The molecule has 0 aromatic heterocycles. The van der Waals surface area contributed by atoms with Crippen LogP contribution in [0, 0.1) is 11.8 Å². The summed E-state index contributed by atoms with van der Waals surface area (Å²) in [7, 11) is 1.63. The van der Waals surface area contributed by atoms with Crippen LogP contribution in [0.3, 0.4) is 0 Å². The second-order valence-corrected chi connectivity index (χ2v) is 8.00. The zero-order chi connectivity index (χ0) is 20.0. The minimum atomic E-state index is -0.0975. The maximum absolute atomic E-state index is 13.6. The fourth-order valence-corrected chi connectivity index (χ4v) is 5.59. The quantitative estimate of drug-likeness (QED) is 0.640. The summed E-state index contributed by atoms with van der Waals surface area (Å²) < 4.78 is 5.45. The summed E-state index contributed by atoms with van der Waals surface area (Å²) in [6.45, 7) is 2.21. The van der Waals surface area contributed by atoms with E-state index in [9.17, 15) is 4.79 Å². The first-order chi connectivity index (χ1) is 14.2. The average Bonchev–Trinajstić information content (AvgIpc) is 2.78. The van der Waals surface area contributed by atoms with Crippen molar-refractivity contribution in [2.24, 2.45) is 11.8 Å². The third-order valence-electron chi connectivity index (χ3n) is 6.72. The second-order valence-electron chi connectivity index (χ2n) is 8.00. The molecule has 0 unspecified atom stereocenters. The molecule has 1 amide bonds. The molecule has 3 aromatic rings. The van der Waals surface area contributed by atoms with Crippen LogP contribution in [0.25, 0.3) is 0 Å². The number of hydrogen-bond acceptors (Lipinski definition) is 2. The number of ether oxygens (including phenoxy) is 1. The minimum Gasteiger partial charge on any atom is -0.495 e. The van der Waals surface area contributed by atoms with E-state index in [2.05, 4.69) is 60.8 Å². The fraction of sp³-hybridized carbons (Fsp3) is 0.269. The lowest BCUT2D eigenvalue weighted by atomic mass is 9.53. The molecule has 3 aromatic carbocycles. The molecular weight excluding hydrogens is 358 g/mol. The number of anilines is 1. The van der Waals surface area contributed by atoms with Crippen LogP contribution < -0.4 is 10.1 Å². The monoisotopic (exact) mass is 383 g/mol. The molecule has 3 heteroatoms. The van der Waals surface area contributed by atoms with Gasteiger partial charge in [0.15, 0.2) is 0 Å². The topological polar surface area (TPSA) is 38.3 Å². The van der Waals surface area contributed by atoms with Crippen LogP contribution in [0.4, 0.5) is 5.69 Å². The number of amides is 1. The number of para-hydroxylation sites is 2. The summed E-state index contributed by atoms with van der Waals surface area (Å²) in [6.07, 6.45) is 0.966. The lowest BCUT2D eigenvalue weighted by Crippen LogP contribution is -2.45. The normalized spacial score (nSPS) is 23.8. The molecule has 3 nitrogen and oxygen atoms in total. The maximum Gasteiger partial charge on any atom is 0.228 e. The van der Waals surface area contributed by atoms with E-state index in [-0.39, 0.29) is 29.6 Å². The minimum absolute atomic E-state index is 0.0837. The third kappa shape index (κ3) is 2.68. The van der Waals surface area contributed by atoms with Crippen molar-refractivity contribution >= 4 is 11.6 Å². The van der Waals surface area contributed by atoms with Gasteiger partial charge in [0, 0.05) is 11.8 Å². The van der Waals surface area contributed by atoms with Gasteiger partial charge in [-0.3, -0.25) is 4.79 Å². The highest BCUT2D eigenvalue weighted by Gasteiger charge is 2.51. The van der Waals surface area contributed by atoms with Gasteiger partial charge in [0.05, 0.1) is 18.7 Å². The maximum atomic E-state index is 13.6. The molecule has 3 aliphatic carbocycles. The molecule has 3 aliphatic rings. The van der Waals surface area contributed by atoms with Gasteiger partial charge >= 0.3 is 0 Å². The van der Waals surface area contributed by atoms with Crippen LogP contribution in [-0.2, 0) is 4.79 Å². The largest absolute Gasteiger partial charge is 0.495 e. The molecule has 29 heavy (non-hydrogen) atoms. The smallest absolute Gasteiger partial charge is 0.228 e. The zero-order valence-corrected chi connectivity index (χ0v) is 16.8. The van der Waals surface area contributed by atoms with E-state index in [4.69, 9.17) is 4.74 Å². The summed E-state index contributed by atoms with van der Waals surface area (Å²) in [6, 6.07) is 25.0. The Kier molecular flexibility index (Phi) is 4.39. The molecular formula is C26H25NO2. The van der Waals surface area contributed by atoms with Gasteiger partial charge in [-0.2, -0.15) is 0 Å². The van der Waals surface area contributed by atoms with E-state index < -0.39 is 0 Å². The predicted octanol–water partition coefficient (Wildman–Crippen LogP) is 5.57. The Morgan fingerprint density at radius 3 is 1.90 bits per heavy atom. The van der Waals surface area contributed by atoms with Crippen molar-refractivity contribution in [3.63, 3.8) is 0 Å². The summed E-state index contributed by atoms with van der Waals surface area (Å²) in [5, 5.41) is 3.18. The van der Waals surface area contributed by atoms with Crippen molar-refractivity contribution in [2.45, 2.75) is 25.2 Å². The number of carbonyl (C=O) groups excluding carboxylic acids is 1. The van der Waals surface area contributed by atoms with Crippen LogP contribution in [0.15, 0.2) is 72.8 Å². The Hall–Kier alpha value is -3.07. The number of rotatable bonds is 4. The number of methoxy groups -OCH3 is 1. The molecule has 6 rings (SSSR count). The summed E-state index contributed by atoms with van der Waals surface area (Å²) in [5.74, 6) is 1.31. The molecule has 0 saturated heterocycles. The van der Waals surface area contributed by atoms with Crippen LogP contribution in [0.2, 0.25) is 0 Å². The molecule has 0 radical (unpaired) electrons. The Labute approximate surface area is 171 Å². The van der Waals surface area contributed by atoms with Crippen molar-refractivity contribution in [3.05, 3.63) is 95.1 Å². The number of hydrogen-bond donors (Lipinski definition) is 1. The zero-order valence-electron chi connectivity index (χ0n) is 16.8. The molecule has 0 saturated carbocycles. The van der Waals surface area contributed by atoms with Gasteiger partial charge in [0.2, 0.25) is 5.91 Å². The van der Waals surface area contributed by atoms with E-state index in [1.165, 1.54) is 22.3 Å². The fourth-order valence-electron chi connectivity index (χ4n) is 5.59. The van der Waals surface area contributed by atoms with Gasteiger partial charge in [-0.25, -0.2) is 0 Å². The molecule has 0 fully saturated rings. The summed E-state index contributed by atoms with van der Waals surface area (Å²) in [4.78, 5) is 13.6. The van der Waals surface area contributed by atoms with Gasteiger partial charge < -0.3 is 10.1 Å². The molecule has 146 valence electrons. The Bertz CT molecular complexity index is 1030. The first-order valence-electron chi connectivity index (χ1n) is 10.4. The van der Waals surface area contributed by atoms with E-state index >= 15 is 0 Å². The first kappa shape index (κ1) is 18.0. The van der Waals surface area contributed by atoms with Crippen LogP contribution in [0.5, 0.6) is 5.75 Å². The SMILES string of the molecule is CC[C@H]1C2c3ccccc3C(c3ccccc32)[C@@H]1C(=O)Nc1ccccc1OC. The standard InChI is InChI=1S/C26H25NO2/c1-3-16-23-17-10-4-6-12-19(17)24(20-13-7-5-11-18(20)23)25(16)26(28)27-21-14-8-9-15-22(21)29-2/h4-16,23-25H,3H2,1-2H3,(H,27,28)/t16-,23?,24?,25+/m0/s1. The van der Waals surface area contributed by atoms with Crippen molar-refractivity contribution in [1.82, 2.24) is 0 Å². The van der Waals surface area contributed by atoms with Gasteiger partial charge in [-0.05, 0) is 40.3 Å². The predicted molar refractivity (Wildman–Crippen MR) is 115 cm³/mol. The summed E-state index contributed by atoms with van der Waals surface area (Å²) in [5.41, 5.74) is 6.13. The van der Waals surface area contributed by atoms with Crippen molar-refractivity contribution in [2.75, 3.05) is 12.4 Å². The highest BCUT2D eigenvalue weighted by Crippen LogP contribution is 2.59. The highest BCUT2D eigenvalue weighted by molar-refractivity contribution is 5.96. The average molecular weight is 383 g/mol. The molecule has 2 bridgehead atoms. The number of benzene rings is 3. The van der Waals surface area contributed by atoms with Gasteiger partial charge in [-0.15, -0.1) is 0 Å². The lowest BCUT2D eigenvalue weighted by Gasteiger charge is -2.50. The van der Waals surface area contributed by atoms with Crippen LogP contribution >= 0.6 is 0 Å². The van der Waals surface area contributed by atoms with Crippen molar-refractivity contribution in [1.29, 1.82) is 0 Å². The number of carbonyl (C=O) groups is 1. The first-order valence-corrected chi connectivity index (χ1v) is 10.4. The van der Waals surface area contributed by atoms with E-state index in [0.29, 0.717) is 5.75 Å². The van der Waals surface area contributed by atoms with Crippen LogP contribution in [-0.4, -0.2) is 13.0 Å². The molecule has 1 N–H and O–H groups in total. The van der Waals surface area contributed by atoms with Crippen LogP contribution in [0.1, 0.15) is 47.4 Å². The third-order valence-corrected chi connectivity index (χ3v) is 6.72. The Morgan fingerprint density at radius 2 is 1.34 bits per heavy atom. The van der Waals surface area contributed by atoms with Crippen molar-refractivity contribution in [3.8, 4) is 5.75 Å². The van der Waals surface area contributed by atoms with Crippen molar-refractivity contribution < 1.29 is 9.53 Å². The molecule has 0 aliphatic heterocycles. The van der Waals surface area contributed by atoms with Gasteiger partial charge in [0.1, 0.15) is 5.75 Å². The summed E-state index contributed by atoms with van der Waals surface area (Å²) >= 11 is 0. The molecule has 2 atom stereocenters. The number of nitrogens with one attached hydrogen (secondary N) is 1. The van der Waals surface area contributed by atoms with E-state index in [1.54, 1.807) is 7.11 Å². The molecule has 0 heterocycles. The van der Waals surface area contributed by atoms with E-state index in [1.807, 2.05) is 24.3 Å². The molecule has 0 spiro atoms. The van der Waals surface area contributed by atoms with Gasteiger partial charge in [-0.1, -0.05) is 74.0 Å². The van der Waals surface area contributed by atoms with Gasteiger partial charge in [0.25, 0.3) is 0 Å². The Balaban J connectivity index is 1.61. The second kappa shape index (κ2) is 7.07. The Morgan fingerprint density at radius 1 is 0.828 bits per heavy atom. The highest BCUT2D eigenvalue weighted by atomic mass is 16.5.